The molecule has 23 heavy (non-hydrogen) atoms. The molecule has 0 aromatic carbocycles. The Hall–Kier alpha value is -2.15. The van der Waals surface area contributed by atoms with Gasteiger partial charge in [0.25, 0.3) is 5.91 Å². The molecule has 1 spiro atoms. The van der Waals surface area contributed by atoms with Crippen LogP contribution in [0.5, 0.6) is 0 Å². The Balaban J connectivity index is 1.52. The fraction of sp³-hybridized carbons (Fsp3) is 0.438. The Bertz CT molecular complexity index is 732. The molecule has 2 aromatic rings. The summed E-state index contributed by atoms with van der Waals surface area (Å²) in [7, 11) is 0. The minimum atomic E-state index is -0.671. The molecule has 0 atom stereocenters. The molecule has 0 unspecified atom stereocenters. The number of thiazole rings is 1. The van der Waals surface area contributed by atoms with Gasteiger partial charge in [-0.15, -0.1) is 11.3 Å². The number of nitrogens with one attached hydrogen (secondary N) is 1. The lowest BCUT2D eigenvalue weighted by Gasteiger charge is -2.30. The van der Waals surface area contributed by atoms with Crippen LogP contribution in [0.25, 0.3) is 10.8 Å². The van der Waals surface area contributed by atoms with Gasteiger partial charge in [-0.3, -0.25) is 9.69 Å². The average molecular weight is 331 g/mol. The van der Waals surface area contributed by atoms with Gasteiger partial charge in [-0.25, -0.2) is 9.78 Å². The van der Waals surface area contributed by atoms with Gasteiger partial charge in [0.15, 0.2) is 10.8 Å². The number of hydrogen-bond acceptors (Lipinski definition) is 5. The minimum absolute atomic E-state index is 0.102. The van der Waals surface area contributed by atoms with E-state index in [9.17, 15) is 9.59 Å². The van der Waals surface area contributed by atoms with E-state index in [2.05, 4.69) is 10.3 Å². The number of rotatable bonds is 3. The number of hydrogen-bond donors (Lipinski definition) is 1. The maximum absolute atomic E-state index is 12.7. The first-order valence-electron chi connectivity index (χ1n) is 7.80. The van der Waals surface area contributed by atoms with E-state index < -0.39 is 5.54 Å². The smallest absolute Gasteiger partial charge is 0.325 e. The highest BCUT2D eigenvalue weighted by Crippen LogP contribution is 2.34. The monoisotopic (exact) mass is 331 g/mol. The number of nitrogens with zero attached hydrogens (tertiary/aromatic N) is 2. The maximum atomic E-state index is 12.7. The maximum Gasteiger partial charge on any atom is 0.325 e. The number of aromatic nitrogens is 1. The second-order valence-corrected chi connectivity index (χ2v) is 6.94. The van der Waals surface area contributed by atoms with Gasteiger partial charge in [0, 0.05) is 5.38 Å². The number of amides is 3. The highest BCUT2D eigenvalue weighted by molar-refractivity contribution is 7.13. The van der Waals surface area contributed by atoms with E-state index in [1.165, 1.54) is 16.2 Å². The third-order valence-corrected chi connectivity index (χ3v) is 5.46. The van der Waals surface area contributed by atoms with Crippen LogP contribution < -0.4 is 5.32 Å². The van der Waals surface area contributed by atoms with Crippen LogP contribution in [0.4, 0.5) is 4.79 Å². The Labute approximate surface area is 137 Å². The SMILES string of the molecule is O=C1NC2(CCCCC2)C(=O)N1Cc1csc(-c2ccco2)n1. The fourth-order valence-corrected chi connectivity index (χ4v) is 4.15. The first kappa shape index (κ1) is 14.4. The molecule has 1 N–H and O–H groups in total. The van der Waals surface area contributed by atoms with Gasteiger partial charge < -0.3 is 9.73 Å². The standard InChI is InChI=1S/C16H17N3O3S/c20-14-16(6-2-1-3-7-16)18-15(21)19(14)9-11-10-23-13(17-11)12-5-4-8-22-12/h4-5,8,10H,1-3,6-7,9H2,(H,18,21). The van der Waals surface area contributed by atoms with Crippen molar-refractivity contribution in [2.75, 3.05) is 0 Å². The summed E-state index contributed by atoms with van der Waals surface area (Å²) in [5.74, 6) is 0.594. The molecule has 2 fully saturated rings. The van der Waals surface area contributed by atoms with Gasteiger partial charge in [0.05, 0.1) is 18.5 Å². The summed E-state index contributed by atoms with van der Waals surface area (Å²) in [6.07, 6.45) is 6.17. The first-order chi connectivity index (χ1) is 11.2. The molecule has 2 aromatic heterocycles. The van der Waals surface area contributed by atoms with Crippen LogP contribution in [0.15, 0.2) is 28.2 Å². The predicted octanol–water partition coefficient (Wildman–Crippen LogP) is 3.16. The van der Waals surface area contributed by atoms with Crippen LogP contribution >= 0.6 is 11.3 Å². The zero-order chi connectivity index (χ0) is 15.9. The van der Waals surface area contributed by atoms with E-state index in [-0.39, 0.29) is 18.5 Å². The van der Waals surface area contributed by atoms with Gasteiger partial charge in [-0.1, -0.05) is 19.3 Å². The van der Waals surface area contributed by atoms with Crippen molar-refractivity contribution >= 4 is 23.3 Å². The van der Waals surface area contributed by atoms with Crippen LogP contribution in [0.2, 0.25) is 0 Å². The van der Waals surface area contributed by atoms with Crippen molar-refractivity contribution in [3.05, 3.63) is 29.5 Å². The van der Waals surface area contributed by atoms with Crippen molar-refractivity contribution < 1.29 is 14.0 Å². The molecule has 4 rings (SSSR count). The number of imide groups is 1. The molecule has 6 nitrogen and oxygen atoms in total. The Kier molecular flexibility index (Phi) is 3.45. The first-order valence-corrected chi connectivity index (χ1v) is 8.68. The fourth-order valence-electron chi connectivity index (χ4n) is 3.37. The third-order valence-electron chi connectivity index (χ3n) is 4.56. The van der Waals surface area contributed by atoms with Crippen molar-refractivity contribution in [2.24, 2.45) is 0 Å². The lowest BCUT2D eigenvalue weighted by molar-refractivity contribution is -0.132. The summed E-state index contributed by atoms with van der Waals surface area (Å²) in [6, 6.07) is 3.35. The summed E-state index contributed by atoms with van der Waals surface area (Å²) < 4.78 is 5.32. The number of carbonyl (C=O) groups is 2. The molecule has 1 aliphatic heterocycles. The lowest BCUT2D eigenvalue weighted by Crippen LogP contribution is -2.48. The predicted molar refractivity (Wildman–Crippen MR) is 84.7 cm³/mol. The van der Waals surface area contributed by atoms with Crippen LogP contribution in [0.1, 0.15) is 37.8 Å². The van der Waals surface area contributed by atoms with E-state index in [4.69, 9.17) is 4.42 Å². The van der Waals surface area contributed by atoms with E-state index >= 15 is 0 Å². The summed E-state index contributed by atoms with van der Waals surface area (Å²) in [6.45, 7) is 0.212. The largest absolute Gasteiger partial charge is 0.462 e. The zero-order valence-electron chi connectivity index (χ0n) is 12.6. The molecule has 1 saturated carbocycles. The van der Waals surface area contributed by atoms with Crippen LogP contribution in [-0.4, -0.2) is 27.4 Å². The van der Waals surface area contributed by atoms with Crippen LogP contribution in [-0.2, 0) is 11.3 Å². The lowest BCUT2D eigenvalue weighted by atomic mass is 9.82. The summed E-state index contributed by atoms with van der Waals surface area (Å²) in [5.41, 5.74) is 0.0348. The summed E-state index contributed by atoms with van der Waals surface area (Å²) >= 11 is 1.45. The third kappa shape index (κ3) is 2.45. The zero-order valence-corrected chi connectivity index (χ0v) is 13.4. The summed E-state index contributed by atoms with van der Waals surface area (Å²) in [5, 5.41) is 5.54. The van der Waals surface area contributed by atoms with Crippen molar-refractivity contribution in [1.82, 2.24) is 15.2 Å². The van der Waals surface area contributed by atoms with E-state index in [1.54, 1.807) is 12.3 Å². The van der Waals surface area contributed by atoms with Crippen LogP contribution in [0, 0.1) is 0 Å². The molecular weight excluding hydrogens is 314 g/mol. The molecule has 7 heteroatoms. The molecule has 1 aliphatic carbocycles. The molecule has 3 amide bonds. The van der Waals surface area contributed by atoms with Crippen molar-refractivity contribution in [3.8, 4) is 10.8 Å². The normalized spacial score (nSPS) is 20.3. The molecule has 1 saturated heterocycles. The Morgan fingerprint density at radius 2 is 2.13 bits per heavy atom. The van der Waals surface area contributed by atoms with Gasteiger partial charge in [-0.2, -0.15) is 0 Å². The molecule has 2 aliphatic rings. The second-order valence-electron chi connectivity index (χ2n) is 6.09. The highest BCUT2D eigenvalue weighted by atomic mass is 32.1. The Morgan fingerprint density at radius 1 is 1.30 bits per heavy atom. The van der Waals surface area contributed by atoms with Gasteiger partial charge in [0.2, 0.25) is 0 Å². The van der Waals surface area contributed by atoms with Crippen LogP contribution in [0.3, 0.4) is 0 Å². The van der Waals surface area contributed by atoms with Gasteiger partial charge in [-0.05, 0) is 25.0 Å². The average Bonchev–Trinajstić information content (AvgIpc) is 3.27. The second kappa shape index (κ2) is 5.49. The van der Waals surface area contributed by atoms with E-state index in [1.807, 2.05) is 11.4 Å². The Morgan fingerprint density at radius 3 is 2.87 bits per heavy atom. The summed E-state index contributed by atoms with van der Waals surface area (Å²) in [4.78, 5) is 30.7. The number of furan rings is 1. The number of urea groups is 1. The molecule has 120 valence electrons. The molecule has 3 heterocycles. The molecule has 0 radical (unpaired) electrons. The van der Waals surface area contributed by atoms with Crippen molar-refractivity contribution in [1.29, 1.82) is 0 Å². The number of carbonyl (C=O) groups excluding carboxylic acids is 2. The molecular formula is C16H17N3O3S. The van der Waals surface area contributed by atoms with E-state index in [0.717, 1.165) is 37.1 Å². The van der Waals surface area contributed by atoms with Gasteiger partial charge >= 0.3 is 6.03 Å². The molecule has 0 bridgehead atoms. The van der Waals surface area contributed by atoms with Crippen molar-refractivity contribution in [3.63, 3.8) is 0 Å². The minimum Gasteiger partial charge on any atom is -0.462 e. The topological polar surface area (TPSA) is 75.4 Å². The highest BCUT2D eigenvalue weighted by Gasteiger charge is 2.51. The van der Waals surface area contributed by atoms with Gasteiger partial charge in [0.1, 0.15) is 5.54 Å². The quantitative estimate of drug-likeness (QED) is 0.877. The van der Waals surface area contributed by atoms with E-state index in [0.29, 0.717) is 11.5 Å². The van der Waals surface area contributed by atoms with Crippen molar-refractivity contribution in [2.45, 2.75) is 44.2 Å².